The fraction of sp³-hybridized carbons (Fsp3) is 0.429. The number of aromatic nitrogens is 3. The standard InChI is InChI=1S/C28H32F4N8O3S/c1-28(31,32)16-34-17-6-10-38(11-7-17)23(41)15-39-14-21(36-26(42)20-13-35-40-9-3-8-33-25(20)40)24(37-39)19-12-18(44-2)4-5-22(19)43-27(29)30/h3-5,8-9,12-14,17,24,27,34,37H,6-7,10-11,15-16H2,1-2H3,(H,36,42). The van der Waals surface area contributed by atoms with Gasteiger partial charge in [0.05, 0.1) is 24.5 Å². The second-order valence-electron chi connectivity index (χ2n) is 10.6. The van der Waals surface area contributed by atoms with Crippen LogP contribution in [-0.2, 0) is 4.79 Å². The average molecular weight is 637 g/mol. The van der Waals surface area contributed by atoms with Crippen LogP contribution in [0.3, 0.4) is 0 Å². The van der Waals surface area contributed by atoms with E-state index in [2.05, 4.69) is 26.1 Å². The van der Waals surface area contributed by atoms with E-state index in [1.807, 2.05) is 6.26 Å². The van der Waals surface area contributed by atoms with E-state index >= 15 is 0 Å². The summed E-state index contributed by atoms with van der Waals surface area (Å²) >= 11 is 1.40. The van der Waals surface area contributed by atoms with Crippen LogP contribution in [0.2, 0.25) is 0 Å². The SMILES string of the molecule is CSc1ccc(OC(F)F)c(C2NN(CC(=O)N3CCC(NCC(C)(F)F)CC3)C=C2NC(=O)c2cnn3cccnc23)c1. The smallest absolute Gasteiger partial charge is 0.387 e. The molecule has 1 unspecified atom stereocenters. The Morgan fingerprint density at radius 2 is 2.02 bits per heavy atom. The summed E-state index contributed by atoms with van der Waals surface area (Å²) in [4.78, 5) is 33.3. The number of hydrogen-bond donors (Lipinski definition) is 3. The van der Waals surface area contributed by atoms with Gasteiger partial charge in [-0.15, -0.1) is 11.8 Å². The minimum atomic E-state index is -3.08. The lowest BCUT2D eigenvalue weighted by molar-refractivity contribution is -0.133. The number of benzene rings is 1. The summed E-state index contributed by atoms with van der Waals surface area (Å²) in [5.74, 6) is -3.67. The fourth-order valence-electron chi connectivity index (χ4n) is 5.12. The molecule has 2 aliphatic rings. The number of ether oxygens (including phenoxy) is 1. The van der Waals surface area contributed by atoms with Crippen LogP contribution in [0, 0.1) is 0 Å². The summed E-state index contributed by atoms with van der Waals surface area (Å²) < 4.78 is 59.4. The molecule has 4 heterocycles. The van der Waals surface area contributed by atoms with Gasteiger partial charge in [0.2, 0.25) is 5.91 Å². The molecule has 2 aliphatic heterocycles. The van der Waals surface area contributed by atoms with Gasteiger partial charge in [-0.2, -0.15) is 13.9 Å². The highest BCUT2D eigenvalue weighted by atomic mass is 32.2. The maximum atomic E-state index is 13.4. The van der Waals surface area contributed by atoms with Gasteiger partial charge in [0.25, 0.3) is 11.8 Å². The Hall–Kier alpha value is -3.89. The fourth-order valence-corrected chi connectivity index (χ4v) is 5.57. The van der Waals surface area contributed by atoms with E-state index in [-0.39, 0.29) is 29.8 Å². The number of fused-ring (bicyclic) bond motifs is 1. The van der Waals surface area contributed by atoms with Crippen molar-refractivity contribution >= 4 is 29.2 Å². The number of nitrogens with zero attached hydrogens (tertiary/aromatic N) is 5. The summed E-state index contributed by atoms with van der Waals surface area (Å²) in [5, 5.41) is 11.3. The molecule has 3 N–H and O–H groups in total. The number of carbonyl (C=O) groups excluding carboxylic acids is 2. The zero-order valence-electron chi connectivity index (χ0n) is 24.0. The van der Waals surface area contributed by atoms with Gasteiger partial charge in [0.1, 0.15) is 17.9 Å². The van der Waals surface area contributed by atoms with Crippen LogP contribution >= 0.6 is 11.8 Å². The summed E-state index contributed by atoms with van der Waals surface area (Å²) in [6.45, 7) is -2.01. The van der Waals surface area contributed by atoms with Crippen molar-refractivity contribution in [1.82, 2.24) is 40.6 Å². The molecule has 0 aliphatic carbocycles. The van der Waals surface area contributed by atoms with E-state index < -0.39 is 31.0 Å². The lowest BCUT2D eigenvalue weighted by atomic mass is 10.0. The number of rotatable bonds is 11. The predicted molar refractivity (Wildman–Crippen MR) is 154 cm³/mol. The van der Waals surface area contributed by atoms with Crippen molar-refractivity contribution in [3.8, 4) is 5.75 Å². The molecule has 44 heavy (non-hydrogen) atoms. The summed E-state index contributed by atoms with van der Waals surface area (Å²) in [5.41, 5.74) is 4.28. The number of hydrogen-bond acceptors (Lipinski definition) is 9. The minimum Gasteiger partial charge on any atom is -0.434 e. The molecule has 2 amide bonds. The first kappa shape index (κ1) is 31.5. The van der Waals surface area contributed by atoms with Crippen molar-refractivity contribution in [2.45, 2.75) is 49.3 Å². The lowest BCUT2D eigenvalue weighted by Gasteiger charge is -2.34. The third-order valence-corrected chi connectivity index (χ3v) is 8.01. The van der Waals surface area contributed by atoms with E-state index in [1.54, 1.807) is 29.3 Å². The molecule has 11 nitrogen and oxygen atoms in total. The van der Waals surface area contributed by atoms with Crippen molar-refractivity contribution in [3.63, 3.8) is 0 Å². The van der Waals surface area contributed by atoms with E-state index in [4.69, 9.17) is 4.74 Å². The average Bonchev–Trinajstić information content (AvgIpc) is 3.60. The molecule has 1 fully saturated rings. The van der Waals surface area contributed by atoms with E-state index in [0.717, 1.165) is 11.8 Å². The van der Waals surface area contributed by atoms with E-state index in [9.17, 15) is 27.2 Å². The second kappa shape index (κ2) is 13.4. The number of alkyl halides is 4. The number of thioether (sulfide) groups is 1. The zero-order chi connectivity index (χ0) is 31.4. The number of likely N-dealkylation sites (tertiary alicyclic amines) is 1. The molecule has 1 atom stereocenters. The zero-order valence-corrected chi connectivity index (χ0v) is 24.8. The minimum absolute atomic E-state index is 0.0893. The van der Waals surface area contributed by atoms with Crippen LogP contribution in [0.25, 0.3) is 5.65 Å². The van der Waals surface area contributed by atoms with Crippen LogP contribution in [0.15, 0.2) is 59.6 Å². The van der Waals surface area contributed by atoms with Crippen molar-refractivity contribution < 1.29 is 31.9 Å². The van der Waals surface area contributed by atoms with Gasteiger partial charge in [-0.05, 0) is 43.4 Å². The number of halogens is 4. The molecule has 0 spiro atoms. The Labute approximate surface area is 255 Å². The second-order valence-corrected chi connectivity index (χ2v) is 11.4. The molecular weight excluding hydrogens is 604 g/mol. The van der Waals surface area contributed by atoms with Gasteiger partial charge in [-0.1, -0.05) is 0 Å². The highest BCUT2D eigenvalue weighted by molar-refractivity contribution is 7.98. The topological polar surface area (TPSA) is 116 Å². The van der Waals surface area contributed by atoms with Crippen molar-refractivity contribution in [3.05, 3.63) is 65.9 Å². The molecule has 2 aromatic heterocycles. The quantitative estimate of drug-likeness (QED) is 0.215. The highest BCUT2D eigenvalue weighted by Gasteiger charge is 2.33. The maximum absolute atomic E-state index is 13.4. The van der Waals surface area contributed by atoms with E-state index in [1.165, 1.54) is 45.9 Å². The van der Waals surface area contributed by atoms with Gasteiger partial charge in [-0.25, -0.2) is 23.7 Å². The molecule has 1 aromatic carbocycles. The van der Waals surface area contributed by atoms with Crippen molar-refractivity contribution in [2.24, 2.45) is 0 Å². The van der Waals surface area contributed by atoms with Gasteiger partial charge < -0.3 is 25.3 Å². The third kappa shape index (κ3) is 7.60. The molecule has 16 heteroatoms. The maximum Gasteiger partial charge on any atom is 0.387 e. The molecule has 0 bridgehead atoms. The molecule has 0 radical (unpaired) electrons. The monoisotopic (exact) mass is 636 g/mol. The molecule has 3 aromatic rings. The van der Waals surface area contributed by atoms with Gasteiger partial charge in [-0.3, -0.25) is 9.59 Å². The Morgan fingerprint density at radius 3 is 2.73 bits per heavy atom. The molecule has 1 saturated heterocycles. The van der Waals surface area contributed by atoms with Crippen LogP contribution in [0.5, 0.6) is 5.75 Å². The Bertz CT molecular complexity index is 1520. The summed E-state index contributed by atoms with van der Waals surface area (Å²) in [7, 11) is 0. The number of hydrazine groups is 1. The number of nitrogens with one attached hydrogen (secondary N) is 3. The van der Waals surface area contributed by atoms with Gasteiger partial charge in [0.15, 0.2) is 5.65 Å². The largest absolute Gasteiger partial charge is 0.434 e. The highest BCUT2D eigenvalue weighted by Crippen LogP contribution is 2.36. The van der Waals surface area contributed by atoms with Crippen LogP contribution in [0.4, 0.5) is 17.6 Å². The summed E-state index contributed by atoms with van der Waals surface area (Å²) in [6, 6.07) is 5.46. The van der Waals surface area contributed by atoms with Crippen LogP contribution < -0.4 is 20.8 Å². The Kier molecular flexibility index (Phi) is 9.60. The van der Waals surface area contributed by atoms with Crippen LogP contribution in [-0.4, -0.2) is 87.3 Å². The van der Waals surface area contributed by atoms with Crippen molar-refractivity contribution in [2.75, 3.05) is 32.4 Å². The Balaban J connectivity index is 1.35. The first-order valence-electron chi connectivity index (χ1n) is 13.9. The molecular formula is C28H32F4N8O3S. The third-order valence-electron chi connectivity index (χ3n) is 7.28. The van der Waals surface area contributed by atoms with Gasteiger partial charge in [0, 0.05) is 55.1 Å². The molecule has 236 valence electrons. The van der Waals surface area contributed by atoms with Crippen LogP contribution in [0.1, 0.15) is 41.7 Å². The molecule has 0 saturated carbocycles. The van der Waals surface area contributed by atoms with Gasteiger partial charge >= 0.3 is 6.61 Å². The first-order chi connectivity index (χ1) is 21.0. The normalized spacial score (nSPS) is 17.8. The first-order valence-corrected chi connectivity index (χ1v) is 15.1. The van der Waals surface area contributed by atoms with E-state index in [0.29, 0.717) is 42.8 Å². The summed E-state index contributed by atoms with van der Waals surface area (Å²) in [6.07, 6.45) is 8.97. The number of amides is 2. The number of carbonyl (C=O) groups is 2. The lowest BCUT2D eigenvalue weighted by Crippen LogP contribution is -2.49. The Morgan fingerprint density at radius 1 is 1.25 bits per heavy atom. The number of piperidine rings is 1. The predicted octanol–water partition coefficient (Wildman–Crippen LogP) is 3.42. The molecule has 5 rings (SSSR count). The van der Waals surface area contributed by atoms with Crippen molar-refractivity contribution in [1.29, 1.82) is 0 Å².